The second-order valence-electron chi connectivity index (χ2n) is 13.3. The van der Waals surface area contributed by atoms with Gasteiger partial charge in [0.2, 0.25) is 0 Å². The Bertz CT molecular complexity index is 2770. The van der Waals surface area contributed by atoms with Crippen LogP contribution >= 0.6 is 0 Å². The van der Waals surface area contributed by atoms with E-state index < -0.39 is 0 Å². The molecule has 9 aromatic carbocycles. The summed E-state index contributed by atoms with van der Waals surface area (Å²) in [4.78, 5) is 2.40. The van der Waals surface area contributed by atoms with Crippen LogP contribution in [0.5, 0.6) is 0 Å². The molecule has 0 bridgehead atoms. The van der Waals surface area contributed by atoms with Gasteiger partial charge in [0, 0.05) is 33.1 Å². The van der Waals surface area contributed by atoms with Crippen molar-refractivity contribution >= 4 is 60.5 Å². The van der Waals surface area contributed by atoms with Crippen molar-refractivity contribution < 1.29 is 4.42 Å². The van der Waals surface area contributed by atoms with Crippen LogP contribution in [0.15, 0.2) is 205 Å². The molecule has 10 rings (SSSR count). The molecule has 0 N–H and O–H groups in total. The van der Waals surface area contributed by atoms with Gasteiger partial charge in [-0.05, 0) is 80.4 Å². The predicted molar refractivity (Wildman–Crippen MR) is 220 cm³/mol. The van der Waals surface area contributed by atoms with Crippen molar-refractivity contribution in [1.29, 1.82) is 0 Å². The van der Waals surface area contributed by atoms with Crippen molar-refractivity contribution in [3.05, 3.63) is 200 Å². The summed E-state index contributed by atoms with van der Waals surface area (Å²) in [5.41, 5.74) is 12.1. The normalized spacial score (nSPS) is 11.5. The molecule has 0 unspecified atom stereocenters. The van der Waals surface area contributed by atoms with Crippen molar-refractivity contribution in [3.8, 4) is 33.4 Å². The molecule has 0 amide bonds. The number of rotatable bonds is 6. The molecule has 2 nitrogen and oxygen atoms in total. The fraction of sp³-hybridized carbons (Fsp3) is 0. The van der Waals surface area contributed by atoms with Gasteiger partial charge in [-0.1, -0.05) is 164 Å². The van der Waals surface area contributed by atoms with Gasteiger partial charge in [0.15, 0.2) is 0 Å². The highest BCUT2D eigenvalue weighted by Crippen LogP contribution is 2.50. The van der Waals surface area contributed by atoms with E-state index in [1.54, 1.807) is 0 Å². The summed E-state index contributed by atoms with van der Waals surface area (Å²) in [6, 6.07) is 71.5. The molecule has 0 aliphatic carbocycles. The lowest BCUT2D eigenvalue weighted by molar-refractivity contribution is 0.673. The first-order valence-corrected chi connectivity index (χ1v) is 17.8. The van der Waals surface area contributed by atoms with Crippen molar-refractivity contribution in [1.82, 2.24) is 0 Å². The first-order valence-electron chi connectivity index (χ1n) is 17.8. The highest BCUT2D eigenvalue weighted by Gasteiger charge is 2.25. The molecule has 0 aliphatic rings. The van der Waals surface area contributed by atoms with Gasteiger partial charge in [-0.15, -0.1) is 0 Å². The number of benzene rings is 9. The average molecular weight is 664 g/mol. The molecule has 0 atom stereocenters. The van der Waals surface area contributed by atoms with Gasteiger partial charge in [0.25, 0.3) is 0 Å². The third-order valence-corrected chi connectivity index (χ3v) is 10.3. The first kappa shape index (κ1) is 30.0. The summed E-state index contributed by atoms with van der Waals surface area (Å²) >= 11 is 0. The maximum Gasteiger partial charge on any atom is 0.143 e. The van der Waals surface area contributed by atoms with Crippen LogP contribution in [0.2, 0.25) is 0 Å². The number of nitrogens with zero attached hydrogens (tertiary/aromatic N) is 1. The minimum Gasteiger partial charge on any atom is -0.455 e. The molecule has 1 heterocycles. The van der Waals surface area contributed by atoms with Crippen LogP contribution < -0.4 is 4.90 Å². The molecular weight excluding hydrogens is 631 g/mol. The Morgan fingerprint density at radius 1 is 0.308 bits per heavy atom. The SMILES string of the molecule is c1ccc(-c2ccc(N(c3ccc(-c4ccccc4)cc3)c3ccc4oc5c6ccccc6c6ccccc6c5c4c3-c3ccccc3)cc2)cc1. The largest absolute Gasteiger partial charge is 0.455 e. The second kappa shape index (κ2) is 12.5. The van der Waals surface area contributed by atoms with Gasteiger partial charge in [0.1, 0.15) is 11.2 Å². The number of fused-ring (bicyclic) bond motifs is 8. The minimum atomic E-state index is 0.873. The molecular formula is C50H33NO. The van der Waals surface area contributed by atoms with Crippen molar-refractivity contribution in [2.75, 3.05) is 4.90 Å². The fourth-order valence-corrected chi connectivity index (χ4v) is 7.86. The minimum absolute atomic E-state index is 0.873. The van der Waals surface area contributed by atoms with E-state index in [-0.39, 0.29) is 0 Å². The van der Waals surface area contributed by atoms with E-state index >= 15 is 0 Å². The first-order chi connectivity index (χ1) is 25.8. The van der Waals surface area contributed by atoms with Crippen LogP contribution in [0.1, 0.15) is 0 Å². The summed E-state index contributed by atoms with van der Waals surface area (Å²) in [5, 5.41) is 7.00. The standard InChI is InChI=1S/C50H33NO/c1-4-14-34(15-5-1)36-24-28-39(29-25-36)51(40-30-26-37(27-31-40)35-16-6-2-7-17-35)45-32-33-46-49(47(45)38-18-8-3-9-19-38)48-43-22-12-10-20-41(43)42-21-11-13-23-44(42)50(48)52-46/h1-33H. The fourth-order valence-electron chi connectivity index (χ4n) is 7.86. The van der Waals surface area contributed by atoms with Crippen LogP contribution in [-0.2, 0) is 0 Å². The van der Waals surface area contributed by atoms with E-state index in [0.717, 1.165) is 55.5 Å². The topological polar surface area (TPSA) is 16.4 Å². The molecule has 10 aromatic rings. The Balaban J connectivity index is 1.28. The maximum absolute atomic E-state index is 6.89. The molecule has 0 spiro atoms. The number of hydrogen-bond donors (Lipinski definition) is 0. The predicted octanol–water partition coefficient (Wildman–Crippen LogP) is 14.4. The lowest BCUT2D eigenvalue weighted by atomic mass is 9.92. The van der Waals surface area contributed by atoms with E-state index in [2.05, 4.69) is 205 Å². The van der Waals surface area contributed by atoms with Crippen molar-refractivity contribution in [2.24, 2.45) is 0 Å². The number of hydrogen-bond acceptors (Lipinski definition) is 2. The third-order valence-electron chi connectivity index (χ3n) is 10.3. The van der Waals surface area contributed by atoms with Crippen LogP contribution in [0, 0.1) is 0 Å². The number of furan rings is 1. The number of anilines is 3. The van der Waals surface area contributed by atoms with E-state index in [1.165, 1.54) is 38.4 Å². The van der Waals surface area contributed by atoms with E-state index in [9.17, 15) is 0 Å². The summed E-state index contributed by atoms with van der Waals surface area (Å²) in [5.74, 6) is 0. The van der Waals surface area contributed by atoms with Crippen molar-refractivity contribution in [3.63, 3.8) is 0 Å². The molecule has 244 valence electrons. The van der Waals surface area contributed by atoms with Crippen LogP contribution in [0.3, 0.4) is 0 Å². The Kier molecular flexibility index (Phi) is 7.18. The zero-order valence-corrected chi connectivity index (χ0v) is 28.4. The summed E-state index contributed by atoms with van der Waals surface area (Å²) in [6.45, 7) is 0. The monoisotopic (exact) mass is 663 g/mol. The van der Waals surface area contributed by atoms with Crippen LogP contribution in [0.4, 0.5) is 17.1 Å². The Hall–Kier alpha value is -6.90. The molecule has 0 radical (unpaired) electrons. The van der Waals surface area contributed by atoms with Gasteiger partial charge >= 0.3 is 0 Å². The maximum atomic E-state index is 6.89. The average Bonchev–Trinajstić information content (AvgIpc) is 3.63. The molecule has 0 aliphatic heterocycles. The highest BCUT2D eigenvalue weighted by atomic mass is 16.3. The van der Waals surface area contributed by atoms with E-state index in [4.69, 9.17) is 4.42 Å². The van der Waals surface area contributed by atoms with Gasteiger partial charge in [0.05, 0.1) is 5.69 Å². The molecule has 52 heavy (non-hydrogen) atoms. The summed E-state index contributed by atoms with van der Waals surface area (Å²) < 4.78 is 6.89. The zero-order valence-electron chi connectivity index (χ0n) is 28.4. The smallest absolute Gasteiger partial charge is 0.143 e. The van der Waals surface area contributed by atoms with E-state index in [1.807, 2.05) is 0 Å². The Morgan fingerprint density at radius 3 is 1.27 bits per heavy atom. The summed E-state index contributed by atoms with van der Waals surface area (Å²) in [6.07, 6.45) is 0. The molecule has 0 saturated heterocycles. The van der Waals surface area contributed by atoms with Gasteiger partial charge < -0.3 is 9.32 Å². The Labute approximate surface area is 302 Å². The zero-order chi connectivity index (χ0) is 34.4. The van der Waals surface area contributed by atoms with Gasteiger partial charge in [-0.25, -0.2) is 0 Å². The van der Waals surface area contributed by atoms with Gasteiger partial charge in [-0.3, -0.25) is 0 Å². The van der Waals surface area contributed by atoms with Crippen LogP contribution in [-0.4, -0.2) is 0 Å². The molecule has 1 aromatic heterocycles. The quantitative estimate of drug-likeness (QED) is 0.165. The lowest BCUT2D eigenvalue weighted by Gasteiger charge is -2.28. The van der Waals surface area contributed by atoms with Crippen molar-refractivity contribution in [2.45, 2.75) is 0 Å². The molecule has 2 heteroatoms. The summed E-state index contributed by atoms with van der Waals surface area (Å²) in [7, 11) is 0. The lowest BCUT2D eigenvalue weighted by Crippen LogP contribution is -2.11. The molecule has 0 saturated carbocycles. The Morgan fingerprint density at radius 2 is 0.731 bits per heavy atom. The van der Waals surface area contributed by atoms with E-state index in [0.29, 0.717) is 0 Å². The molecule has 0 fully saturated rings. The highest BCUT2D eigenvalue weighted by molar-refractivity contribution is 6.32. The third kappa shape index (κ3) is 4.96. The van der Waals surface area contributed by atoms with Gasteiger partial charge in [-0.2, -0.15) is 0 Å². The van der Waals surface area contributed by atoms with Crippen LogP contribution in [0.25, 0.3) is 76.9 Å². The second-order valence-corrected chi connectivity index (χ2v) is 13.3.